The lowest BCUT2D eigenvalue weighted by atomic mass is 10.0. The first-order valence-corrected chi connectivity index (χ1v) is 11.4. The van der Waals surface area contributed by atoms with Gasteiger partial charge in [0.1, 0.15) is 0 Å². The highest BCUT2D eigenvalue weighted by molar-refractivity contribution is 9.10. The topological polar surface area (TPSA) is 84.7 Å². The molecule has 0 aliphatic heterocycles. The van der Waals surface area contributed by atoms with Crippen LogP contribution in [0.15, 0.2) is 70.2 Å². The number of carbonyl (C=O) groups is 2. The largest absolute Gasteiger partial charge is 0.450 e. The van der Waals surface area contributed by atoms with Crippen molar-refractivity contribution in [1.82, 2.24) is 15.3 Å². The van der Waals surface area contributed by atoms with Crippen LogP contribution in [0.2, 0.25) is 0 Å². The van der Waals surface area contributed by atoms with Crippen LogP contribution in [0.5, 0.6) is 0 Å². The molecule has 2 aromatic carbocycles. The van der Waals surface area contributed by atoms with E-state index in [9.17, 15) is 9.59 Å². The molecule has 0 unspecified atom stereocenters. The fourth-order valence-corrected chi connectivity index (χ4v) is 3.83. The van der Waals surface area contributed by atoms with Crippen LogP contribution >= 0.6 is 15.9 Å². The summed E-state index contributed by atoms with van der Waals surface area (Å²) in [6.45, 7) is 6.01. The number of ether oxygens (including phenoxy) is 1. The zero-order valence-electron chi connectivity index (χ0n) is 18.8. The maximum Gasteiger partial charge on any atom is 0.407 e. The molecule has 0 aliphatic rings. The molecule has 0 fully saturated rings. The van der Waals surface area contributed by atoms with E-state index in [-0.39, 0.29) is 18.9 Å². The number of hydrogen-bond donors (Lipinski definition) is 2. The van der Waals surface area contributed by atoms with Gasteiger partial charge in [-0.05, 0) is 56.7 Å². The molecule has 0 aliphatic carbocycles. The number of nitrogens with one attached hydrogen (secondary N) is 2. The Hall–Kier alpha value is -3.39. The van der Waals surface area contributed by atoms with E-state index in [1.54, 1.807) is 13.1 Å². The molecule has 2 amide bonds. The monoisotopic (exact) mass is 510 g/mol. The van der Waals surface area contributed by atoms with Gasteiger partial charge in [0.25, 0.3) is 0 Å². The highest BCUT2D eigenvalue weighted by Gasteiger charge is 2.19. The van der Waals surface area contributed by atoms with Crippen LogP contribution in [0.4, 0.5) is 4.79 Å². The third kappa shape index (κ3) is 6.55. The van der Waals surface area contributed by atoms with Crippen molar-refractivity contribution in [3.05, 3.63) is 87.7 Å². The fourth-order valence-electron chi connectivity index (χ4n) is 3.56. The Balaban J connectivity index is 1.68. The summed E-state index contributed by atoms with van der Waals surface area (Å²) in [6.07, 6.45) is 1.09. The van der Waals surface area contributed by atoms with E-state index in [0.29, 0.717) is 0 Å². The summed E-state index contributed by atoms with van der Waals surface area (Å²) < 4.78 is 8.12. The van der Waals surface area contributed by atoms with Crippen LogP contribution in [-0.2, 0) is 9.53 Å². The van der Waals surface area contributed by atoms with Crippen LogP contribution in [0.25, 0.3) is 5.69 Å². The molecule has 0 saturated carbocycles. The number of benzene rings is 2. The van der Waals surface area contributed by atoms with Crippen LogP contribution < -0.4 is 10.7 Å². The number of aromatic nitrogens is 1. The Kier molecular flexibility index (Phi) is 8.43. The Labute approximate surface area is 202 Å². The molecule has 0 bridgehead atoms. The summed E-state index contributed by atoms with van der Waals surface area (Å²) in [5, 5.41) is 6.87. The molecule has 8 heteroatoms. The van der Waals surface area contributed by atoms with Crippen LogP contribution in [0, 0.1) is 13.8 Å². The standard InChI is InChI=1S/C25H27BrN4O3/c1-4-33-25(32)28-23(19-8-6-5-7-9-19)15-24(31)29-27-16-20-14-17(2)30(18(20)3)22-12-10-21(26)11-13-22/h5-14,16,23H,4,15H2,1-3H3,(H,28,32)(H,29,31)/b27-16-/t23-/m0/s1. The minimum atomic E-state index is -0.567. The lowest BCUT2D eigenvalue weighted by Crippen LogP contribution is -2.33. The quantitative estimate of drug-likeness (QED) is 0.323. The predicted molar refractivity (Wildman–Crippen MR) is 133 cm³/mol. The average Bonchev–Trinajstić information content (AvgIpc) is 3.08. The van der Waals surface area contributed by atoms with Crippen molar-refractivity contribution in [2.75, 3.05) is 6.61 Å². The normalized spacial score (nSPS) is 11.9. The molecule has 1 heterocycles. The van der Waals surface area contributed by atoms with Gasteiger partial charge in [-0.15, -0.1) is 0 Å². The molecule has 33 heavy (non-hydrogen) atoms. The molecule has 0 saturated heterocycles. The second-order valence-electron chi connectivity index (χ2n) is 7.46. The summed E-state index contributed by atoms with van der Waals surface area (Å²) in [4.78, 5) is 24.5. The molecule has 7 nitrogen and oxygen atoms in total. The molecular formula is C25H27BrN4O3. The fraction of sp³-hybridized carbons (Fsp3) is 0.240. The van der Waals surface area contributed by atoms with Crippen molar-refractivity contribution >= 4 is 34.1 Å². The van der Waals surface area contributed by atoms with Crippen LogP contribution in [-0.4, -0.2) is 29.4 Å². The van der Waals surface area contributed by atoms with Crippen molar-refractivity contribution in [2.24, 2.45) is 5.10 Å². The van der Waals surface area contributed by atoms with Gasteiger partial charge < -0.3 is 14.6 Å². The third-order valence-corrected chi connectivity index (χ3v) is 5.64. The molecule has 3 aromatic rings. The second-order valence-corrected chi connectivity index (χ2v) is 8.38. The Bertz CT molecular complexity index is 1120. The molecule has 0 spiro atoms. The number of nitrogens with zero attached hydrogens (tertiary/aromatic N) is 2. The summed E-state index contributed by atoms with van der Waals surface area (Å²) in [5.74, 6) is -0.321. The van der Waals surface area contributed by atoms with Gasteiger partial charge >= 0.3 is 6.09 Å². The first-order chi connectivity index (χ1) is 15.9. The van der Waals surface area contributed by atoms with E-state index in [2.05, 4.69) is 36.3 Å². The second kappa shape index (κ2) is 11.5. The SMILES string of the molecule is CCOC(=O)N[C@@H](CC(=O)N/N=C\c1cc(C)n(-c2ccc(Br)cc2)c1C)c1ccccc1. The van der Waals surface area contributed by atoms with E-state index in [0.717, 1.165) is 32.7 Å². The lowest BCUT2D eigenvalue weighted by molar-refractivity contribution is -0.121. The third-order valence-electron chi connectivity index (χ3n) is 5.11. The molecule has 3 rings (SSSR count). The molecule has 1 atom stereocenters. The van der Waals surface area contributed by atoms with E-state index in [4.69, 9.17) is 4.74 Å². The number of carbonyl (C=O) groups excluding carboxylic acids is 2. The highest BCUT2D eigenvalue weighted by atomic mass is 79.9. The maximum atomic E-state index is 12.5. The lowest BCUT2D eigenvalue weighted by Gasteiger charge is -2.18. The number of halogens is 1. The van der Waals surface area contributed by atoms with Gasteiger partial charge in [-0.1, -0.05) is 46.3 Å². The van der Waals surface area contributed by atoms with Crippen molar-refractivity contribution in [1.29, 1.82) is 0 Å². The highest BCUT2D eigenvalue weighted by Crippen LogP contribution is 2.21. The molecule has 0 radical (unpaired) electrons. The van der Waals surface area contributed by atoms with E-state index < -0.39 is 12.1 Å². The number of hydrazone groups is 1. The number of alkyl carbamates (subject to hydrolysis) is 1. The summed E-state index contributed by atoms with van der Waals surface area (Å²) in [5.41, 5.74) is 7.40. The van der Waals surface area contributed by atoms with Gasteiger partial charge in [-0.2, -0.15) is 5.10 Å². The predicted octanol–water partition coefficient (Wildman–Crippen LogP) is 5.18. The van der Waals surface area contributed by atoms with Gasteiger partial charge in [0.15, 0.2) is 0 Å². The Morgan fingerprint density at radius 3 is 2.48 bits per heavy atom. The minimum Gasteiger partial charge on any atom is -0.450 e. The van der Waals surface area contributed by atoms with E-state index >= 15 is 0 Å². The summed E-state index contributed by atoms with van der Waals surface area (Å²) in [6, 6.07) is 18.8. The molecule has 1 aromatic heterocycles. The average molecular weight is 511 g/mol. The van der Waals surface area contributed by atoms with Crippen LogP contribution in [0.1, 0.15) is 41.9 Å². The summed E-state index contributed by atoms with van der Waals surface area (Å²) >= 11 is 3.46. The van der Waals surface area contributed by atoms with Crippen molar-refractivity contribution in [3.8, 4) is 5.69 Å². The van der Waals surface area contributed by atoms with E-state index in [1.165, 1.54) is 0 Å². The zero-order valence-corrected chi connectivity index (χ0v) is 20.4. The first kappa shape index (κ1) is 24.3. The minimum absolute atomic E-state index is 0.0259. The van der Waals surface area contributed by atoms with Gasteiger partial charge in [0, 0.05) is 27.1 Å². The Morgan fingerprint density at radius 2 is 1.82 bits per heavy atom. The van der Waals surface area contributed by atoms with Crippen molar-refractivity contribution in [2.45, 2.75) is 33.2 Å². The van der Waals surface area contributed by atoms with Gasteiger partial charge in [-0.3, -0.25) is 4.79 Å². The maximum absolute atomic E-state index is 12.5. The van der Waals surface area contributed by atoms with E-state index in [1.807, 2.05) is 74.5 Å². The van der Waals surface area contributed by atoms with Gasteiger partial charge in [0.05, 0.1) is 25.3 Å². The number of hydrogen-bond acceptors (Lipinski definition) is 4. The van der Waals surface area contributed by atoms with Gasteiger partial charge in [0.2, 0.25) is 5.91 Å². The number of aryl methyl sites for hydroxylation is 1. The van der Waals surface area contributed by atoms with Crippen LogP contribution in [0.3, 0.4) is 0 Å². The van der Waals surface area contributed by atoms with Crippen molar-refractivity contribution < 1.29 is 14.3 Å². The molecule has 2 N–H and O–H groups in total. The van der Waals surface area contributed by atoms with Crippen molar-refractivity contribution in [3.63, 3.8) is 0 Å². The first-order valence-electron chi connectivity index (χ1n) is 10.6. The molecule has 172 valence electrons. The summed E-state index contributed by atoms with van der Waals surface area (Å²) in [7, 11) is 0. The molecular weight excluding hydrogens is 484 g/mol. The Morgan fingerprint density at radius 1 is 1.12 bits per heavy atom. The smallest absolute Gasteiger partial charge is 0.407 e. The zero-order chi connectivity index (χ0) is 23.8. The number of amides is 2. The number of rotatable bonds is 8. The van der Waals surface area contributed by atoms with Gasteiger partial charge in [-0.25, -0.2) is 10.2 Å².